The lowest BCUT2D eigenvalue weighted by atomic mass is 10.3. The molecular formula is C12H14N2O3S2. The van der Waals surface area contributed by atoms with Gasteiger partial charge in [-0.1, -0.05) is 0 Å². The zero-order valence-corrected chi connectivity index (χ0v) is 12.2. The predicted octanol–water partition coefficient (Wildman–Crippen LogP) is 1.97. The number of ether oxygens (including phenoxy) is 1. The van der Waals surface area contributed by atoms with Crippen LogP contribution in [0.1, 0.15) is 5.01 Å². The number of rotatable bonds is 5. The standard InChI is InChI=1S/C12H14N2O3S2/c1-14(9-12-13-7-8-18-12)19(15,16)11-5-3-10(17-2)4-6-11/h3-8H,9H2,1-2H3. The summed E-state index contributed by atoms with van der Waals surface area (Å²) in [5.74, 6) is 0.626. The topological polar surface area (TPSA) is 59.5 Å². The first kappa shape index (κ1) is 14.0. The summed E-state index contributed by atoms with van der Waals surface area (Å²) in [5, 5.41) is 2.59. The Balaban J connectivity index is 2.20. The molecule has 1 heterocycles. The first-order chi connectivity index (χ1) is 9.04. The smallest absolute Gasteiger partial charge is 0.243 e. The van der Waals surface area contributed by atoms with E-state index < -0.39 is 10.0 Å². The van der Waals surface area contributed by atoms with Gasteiger partial charge in [-0.25, -0.2) is 13.4 Å². The molecule has 5 nitrogen and oxygen atoms in total. The lowest BCUT2D eigenvalue weighted by Gasteiger charge is -2.16. The number of hydrogen-bond acceptors (Lipinski definition) is 5. The molecule has 0 aliphatic rings. The van der Waals surface area contributed by atoms with E-state index in [2.05, 4.69) is 4.98 Å². The van der Waals surface area contributed by atoms with Gasteiger partial charge in [0.15, 0.2) is 0 Å². The number of benzene rings is 1. The minimum absolute atomic E-state index is 0.243. The lowest BCUT2D eigenvalue weighted by molar-refractivity contribution is 0.414. The molecule has 0 aliphatic carbocycles. The Morgan fingerprint density at radius 3 is 2.53 bits per heavy atom. The minimum Gasteiger partial charge on any atom is -0.497 e. The molecule has 2 aromatic rings. The van der Waals surface area contributed by atoms with E-state index >= 15 is 0 Å². The number of methoxy groups -OCH3 is 1. The van der Waals surface area contributed by atoms with Gasteiger partial charge in [0.2, 0.25) is 10.0 Å². The summed E-state index contributed by atoms with van der Waals surface area (Å²) < 4.78 is 30.9. The van der Waals surface area contributed by atoms with Gasteiger partial charge in [-0.15, -0.1) is 11.3 Å². The first-order valence-electron chi connectivity index (χ1n) is 5.53. The molecule has 0 bridgehead atoms. The van der Waals surface area contributed by atoms with Crippen LogP contribution in [0.3, 0.4) is 0 Å². The Bertz CT molecular complexity index is 622. The second-order valence-electron chi connectivity index (χ2n) is 3.86. The molecule has 0 saturated heterocycles. The van der Waals surface area contributed by atoms with Crippen LogP contribution in [0.4, 0.5) is 0 Å². The quantitative estimate of drug-likeness (QED) is 0.847. The van der Waals surface area contributed by atoms with Crippen LogP contribution in [0.15, 0.2) is 40.7 Å². The van der Waals surface area contributed by atoms with Crippen molar-refractivity contribution in [2.24, 2.45) is 0 Å². The molecule has 102 valence electrons. The molecule has 0 N–H and O–H groups in total. The highest BCUT2D eigenvalue weighted by Crippen LogP contribution is 2.20. The highest BCUT2D eigenvalue weighted by atomic mass is 32.2. The van der Waals surface area contributed by atoms with Gasteiger partial charge in [0.25, 0.3) is 0 Å². The molecule has 0 atom stereocenters. The molecule has 0 amide bonds. The van der Waals surface area contributed by atoms with Crippen molar-refractivity contribution in [3.63, 3.8) is 0 Å². The number of thiazole rings is 1. The van der Waals surface area contributed by atoms with Crippen molar-refractivity contribution < 1.29 is 13.2 Å². The second-order valence-corrected chi connectivity index (χ2v) is 6.89. The maximum absolute atomic E-state index is 12.3. The first-order valence-corrected chi connectivity index (χ1v) is 7.85. The van der Waals surface area contributed by atoms with Gasteiger partial charge in [-0.2, -0.15) is 4.31 Å². The largest absolute Gasteiger partial charge is 0.497 e. The lowest BCUT2D eigenvalue weighted by Crippen LogP contribution is -2.26. The number of hydrogen-bond donors (Lipinski definition) is 0. The molecule has 0 aliphatic heterocycles. The summed E-state index contributed by atoms with van der Waals surface area (Å²) >= 11 is 1.43. The molecule has 7 heteroatoms. The number of aromatic nitrogens is 1. The van der Waals surface area contributed by atoms with E-state index in [9.17, 15) is 8.42 Å². The Morgan fingerprint density at radius 1 is 1.32 bits per heavy atom. The van der Waals surface area contributed by atoms with Gasteiger partial charge in [0.05, 0.1) is 18.6 Å². The van der Waals surface area contributed by atoms with Crippen LogP contribution >= 0.6 is 11.3 Å². The van der Waals surface area contributed by atoms with Crippen molar-refractivity contribution in [2.75, 3.05) is 14.2 Å². The summed E-state index contributed by atoms with van der Waals surface area (Å²) in [6.45, 7) is 0.270. The van der Waals surface area contributed by atoms with Crippen LogP contribution in [0.5, 0.6) is 5.75 Å². The van der Waals surface area contributed by atoms with Crippen LogP contribution in [0.25, 0.3) is 0 Å². The van der Waals surface area contributed by atoms with Crippen LogP contribution in [0, 0.1) is 0 Å². The van der Waals surface area contributed by atoms with Gasteiger partial charge in [0, 0.05) is 18.6 Å². The highest BCUT2D eigenvalue weighted by molar-refractivity contribution is 7.89. The van der Waals surface area contributed by atoms with Crippen molar-refractivity contribution in [1.29, 1.82) is 0 Å². The SMILES string of the molecule is COc1ccc(S(=O)(=O)N(C)Cc2nccs2)cc1. The van der Waals surface area contributed by atoms with E-state index in [-0.39, 0.29) is 11.4 Å². The number of nitrogens with zero attached hydrogens (tertiary/aromatic N) is 2. The van der Waals surface area contributed by atoms with Crippen LogP contribution < -0.4 is 4.74 Å². The van der Waals surface area contributed by atoms with E-state index in [1.807, 2.05) is 5.38 Å². The van der Waals surface area contributed by atoms with Gasteiger partial charge in [-0.05, 0) is 24.3 Å². The third-order valence-electron chi connectivity index (χ3n) is 2.61. The van der Waals surface area contributed by atoms with E-state index in [1.54, 1.807) is 25.4 Å². The summed E-state index contributed by atoms with van der Waals surface area (Å²) in [5.41, 5.74) is 0. The van der Waals surface area contributed by atoms with Gasteiger partial charge < -0.3 is 4.74 Å². The average Bonchev–Trinajstić information content (AvgIpc) is 2.91. The van der Waals surface area contributed by atoms with Gasteiger partial charge >= 0.3 is 0 Å². The predicted molar refractivity (Wildman–Crippen MR) is 73.8 cm³/mol. The highest BCUT2D eigenvalue weighted by Gasteiger charge is 2.21. The van der Waals surface area contributed by atoms with Crippen LogP contribution in [-0.2, 0) is 16.6 Å². The maximum Gasteiger partial charge on any atom is 0.243 e. The molecule has 0 unspecified atom stereocenters. The van der Waals surface area contributed by atoms with E-state index in [1.165, 1.54) is 34.9 Å². The van der Waals surface area contributed by atoms with Crippen molar-refractivity contribution in [2.45, 2.75) is 11.4 Å². The molecular weight excluding hydrogens is 284 g/mol. The normalized spacial score (nSPS) is 11.7. The monoisotopic (exact) mass is 298 g/mol. The third-order valence-corrected chi connectivity index (χ3v) is 5.19. The second kappa shape index (κ2) is 5.68. The van der Waals surface area contributed by atoms with E-state index in [0.29, 0.717) is 5.75 Å². The Morgan fingerprint density at radius 2 is 2.00 bits per heavy atom. The fourth-order valence-corrected chi connectivity index (χ4v) is 3.42. The van der Waals surface area contributed by atoms with Crippen LogP contribution in [-0.4, -0.2) is 31.9 Å². The van der Waals surface area contributed by atoms with Crippen molar-refractivity contribution in [3.05, 3.63) is 40.8 Å². The van der Waals surface area contributed by atoms with E-state index in [4.69, 9.17) is 4.74 Å². The average molecular weight is 298 g/mol. The summed E-state index contributed by atoms with van der Waals surface area (Å²) in [6, 6.07) is 6.33. The molecule has 0 saturated carbocycles. The number of sulfonamides is 1. The van der Waals surface area contributed by atoms with Crippen molar-refractivity contribution in [3.8, 4) is 5.75 Å². The summed E-state index contributed by atoms with van der Waals surface area (Å²) in [4.78, 5) is 4.33. The summed E-state index contributed by atoms with van der Waals surface area (Å²) in [7, 11) is -0.413. The fourth-order valence-electron chi connectivity index (χ4n) is 1.53. The summed E-state index contributed by atoms with van der Waals surface area (Å²) in [6.07, 6.45) is 1.66. The Kier molecular flexibility index (Phi) is 4.18. The molecule has 0 spiro atoms. The molecule has 0 radical (unpaired) electrons. The van der Waals surface area contributed by atoms with Gasteiger partial charge in [-0.3, -0.25) is 0 Å². The van der Waals surface area contributed by atoms with Gasteiger partial charge in [0.1, 0.15) is 10.8 Å². The molecule has 0 fully saturated rings. The Labute approximate surface area is 116 Å². The Hall–Kier alpha value is -1.44. The maximum atomic E-state index is 12.3. The fraction of sp³-hybridized carbons (Fsp3) is 0.250. The zero-order chi connectivity index (χ0) is 13.9. The van der Waals surface area contributed by atoms with Crippen LogP contribution in [0.2, 0.25) is 0 Å². The van der Waals surface area contributed by atoms with Crippen molar-refractivity contribution >= 4 is 21.4 Å². The molecule has 19 heavy (non-hydrogen) atoms. The molecule has 1 aromatic heterocycles. The zero-order valence-electron chi connectivity index (χ0n) is 10.6. The molecule has 1 aromatic carbocycles. The minimum atomic E-state index is -3.50. The molecule has 2 rings (SSSR count). The van der Waals surface area contributed by atoms with E-state index in [0.717, 1.165) is 5.01 Å². The van der Waals surface area contributed by atoms with Crippen molar-refractivity contribution in [1.82, 2.24) is 9.29 Å². The third kappa shape index (κ3) is 3.12.